The van der Waals surface area contributed by atoms with Gasteiger partial charge >= 0.3 is 0 Å². The molecular weight excluding hydrogens is 148 g/mol. The van der Waals surface area contributed by atoms with E-state index in [-0.39, 0.29) is 0 Å². The van der Waals surface area contributed by atoms with Crippen molar-refractivity contribution < 1.29 is 0 Å². The van der Waals surface area contributed by atoms with Crippen molar-refractivity contribution in [3.05, 3.63) is 36.0 Å². The van der Waals surface area contributed by atoms with Crippen LogP contribution >= 0.6 is 0 Å². The van der Waals surface area contributed by atoms with Gasteiger partial charge < -0.3 is 0 Å². The number of nitrogens with two attached hydrogens (primary N) is 1. The van der Waals surface area contributed by atoms with Gasteiger partial charge in [-0.3, -0.25) is 11.3 Å². The molecule has 68 valence electrons. The average Bonchev–Trinajstić information content (AvgIpc) is 2.05. The average molecular weight is 166 g/mol. The molecule has 0 saturated carbocycles. The Balaban J connectivity index is 3.92. The van der Waals surface area contributed by atoms with Crippen LogP contribution in [0, 0.1) is 0 Å². The molecule has 0 atom stereocenters. The van der Waals surface area contributed by atoms with Gasteiger partial charge in [-0.15, -0.1) is 0 Å². The maximum absolute atomic E-state index is 5.17. The molecule has 0 rings (SSSR count). The van der Waals surface area contributed by atoms with Crippen molar-refractivity contribution in [3.8, 4) is 0 Å². The summed E-state index contributed by atoms with van der Waals surface area (Å²) in [7, 11) is 0. The van der Waals surface area contributed by atoms with Gasteiger partial charge in [0, 0.05) is 6.54 Å². The Bertz CT molecular complexity index is 190. The number of allylic oxidation sites excluding steroid dienone is 4. The molecule has 2 heteroatoms. The minimum Gasteiger partial charge on any atom is -0.271 e. The zero-order chi connectivity index (χ0) is 9.40. The highest BCUT2D eigenvalue weighted by atomic mass is 15.2. The van der Waals surface area contributed by atoms with Crippen LogP contribution in [0.15, 0.2) is 36.0 Å². The second kappa shape index (κ2) is 6.83. The van der Waals surface area contributed by atoms with Crippen LogP contribution in [0.1, 0.15) is 20.3 Å². The summed E-state index contributed by atoms with van der Waals surface area (Å²) < 4.78 is 0. The topological polar surface area (TPSA) is 38.0 Å². The van der Waals surface area contributed by atoms with Gasteiger partial charge in [-0.2, -0.15) is 0 Å². The normalized spacial score (nSPS) is 12.4. The van der Waals surface area contributed by atoms with Gasteiger partial charge in [-0.25, -0.2) is 0 Å². The molecule has 12 heavy (non-hydrogen) atoms. The second-order valence-electron chi connectivity index (χ2n) is 2.75. The van der Waals surface area contributed by atoms with Crippen LogP contribution < -0.4 is 11.3 Å². The van der Waals surface area contributed by atoms with Gasteiger partial charge in [0.15, 0.2) is 0 Å². The number of nitrogens with one attached hydrogen (secondary N) is 1. The molecule has 0 aliphatic rings. The fourth-order valence-electron chi connectivity index (χ4n) is 0.790. The van der Waals surface area contributed by atoms with Crippen LogP contribution in [0.4, 0.5) is 0 Å². The molecule has 0 aliphatic heterocycles. The van der Waals surface area contributed by atoms with E-state index in [4.69, 9.17) is 5.84 Å². The fraction of sp³-hybridized carbons (Fsp3) is 0.400. The van der Waals surface area contributed by atoms with E-state index in [1.54, 1.807) is 0 Å². The summed E-state index contributed by atoms with van der Waals surface area (Å²) in [6.45, 7) is 8.59. The highest BCUT2D eigenvalue weighted by Gasteiger charge is 1.89. The first-order valence-electron chi connectivity index (χ1n) is 4.13. The first-order chi connectivity index (χ1) is 5.70. The van der Waals surface area contributed by atoms with E-state index >= 15 is 0 Å². The smallest absolute Gasteiger partial charge is 0.0138 e. The molecule has 2 nitrogen and oxygen atoms in total. The highest BCUT2D eigenvalue weighted by molar-refractivity contribution is 5.24. The van der Waals surface area contributed by atoms with Gasteiger partial charge in [0.1, 0.15) is 0 Å². The Labute approximate surface area is 74.8 Å². The molecule has 0 saturated heterocycles. The summed E-state index contributed by atoms with van der Waals surface area (Å²) in [6, 6.07) is 0. The predicted molar refractivity (Wildman–Crippen MR) is 54.5 cm³/mol. The Morgan fingerprint density at radius 3 is 2.58 bits per heavy atom. The lowest BCUT2D eigenvalue weighted by molar-refractivity contribution is 0.730. The van der Waals surface area contributed by atoms with E-state index in [2.05, 4.69) is 24.2 Å². The third-order valence-corrected chi connectivity index (χ3v) is 1.51. The van der Waals surface area contributed by atoms with Crippen molar-refractivity contribution in [2.45, 2.75) is 20.3 Å². The van der Waals surface area contributed by atoms with Gasteiger partial charge in [0.05, 0.1) is 0 Å². The van der Waals surface area contributed by atoms with Crippen molar-refractivity contribution in [2.75, 3.05) is 6.54 Å². The Morgan fingerprint density at radius 2 is 2.17 bits per heavy atom. The molecule has 0 aliphatic carbocycles. The van der Waals surface area contributed by atoms with Gasteiger partial charge in [-0.1, -0.05) is 36.0 Å². The van der Waals surface area contributed by atoms with Crippen molar-refractivity contribution in [1.82, 2.24) is 5.43 Å². The van der Waals surface area contributed by atoms with Crippen molar-refractivity contribution in [2.24, 2.45) is 5.84 Å². The lowest BCUT2D eigenvalue weighted by Crippen LogP contribution is -2.22. The molecule has 0 fully saturated rings. The van der Waals surface area contributed by atoms with E-state index in [0.717, 1.165) is 18.5 Å². The number of hydrogen-bond donors (Lipinski definition) is 2. The zero-order valence-corrected chi connectivity index (χ0v) is 7.93. The summed E-state index contributed by atoms with van der Waals surface area (Å²) in [5, 5.41) is 0. The molecule has 0 amide bonds. The summed E-state index contributed by atoms with van der Waals surface area (Å²) in [6.07, 6.45) is 7.11. The largest absolute Gasteiger partial charge is 0.271 e. The molecule has 0 radical (unpaired) electrons. The Hall–Kier alpha value is -0.860. The maximum Gasteiger partial charge on any atom is 0.0138 e. The number of hydrogen-bond acceptors (Lipinski definition) is 2. The summed E-state index contributed by atoms with van der Waals surface area (Å²) >= 11 is 0. The minimum atomic E-state index is 0.806. The van der Waals surface area contributed by atoms with E-state index in [1.807, 2.05) is 19.9 Å². The molecule has 0 aromatic rings. The van der Waals surface area contributed by atoms with Crippen molar-refractivity contribution in [1.29, 1.82) is 0 Å². The summed E-state index contributed by atoms with van der Waals surface area (Å²) in [4.78, 5) is 0. The van der Waals surface area contributed by atoms with Gasteiger partial charge in [0.2, 0.25) is 0 Å². The molecule has 3 N–H and O–H groups in total. The van der Waals surface area contributed by atoms with Gasteiger partial charge in [0.25, 0.3) is 0 Å². The SMILES string of the molecule is C=C(C)C=CC(=CC)CCNN. The summed E-state index contributed by atoms with van der Waals surface area (Å²) in [5.41, 5.74) is 4.96. The maximum atomic E-state index is 5.17. The van der Waals surface area contributed by atoms with Crippen molar-refractivity contribution in [3.63, 3.8) is 0 Å². The molecule has 0 spiro atoms. The van der Waals surface area contributed by atoms with Crippen LogP contribution in [0.2, 0.25) is 0 Å². The predicted octanol–water partition coefficient (Wildman–Crippen LogP) is 1.92. The van der Waals surface area contributed by atoms with E-state index in [9.17, 15) is 0 Å². The van der Waals surface area contributed by atoms with E-state index in [1.165, 1.54) is 5.57 Å². The van der Waals surface area contributed by atoms with E-state index < -0.39 is 0 Å². The van der Waals surface area contributed by atoms with Crippen LogP contribution in [0.5, 0.6) is 0 Å². The minimum absolute atomic E-state index is 0.806. The molecule has 0 heterocycles. The van der Waals surface area contributed by atoms with E-state index in [0.29, 0.717) is 0 Å². The van der Waals surface area contributed by atoms with Gasteiger partial charge in [-0.05, 0) is 20.3 Å². The van der Waals surface area contributed by atoms with Crippen LogP contribution in [-0.4, -0.2) is 6.54 Å². The lowest BCUT2D eigenvalue weighted by Gasteiger charge is -1.99. The molecular formula is C10H18N2. The van der Waals surface area contributed by atoms with Crippen LogP contribution in [0.3, 0.4) is 0 Å². The first kappa shape index (κ1) is 11.1. The monoisotopic (exact) mass is 166 g/mol. The first-order valence-corrected chi connectivity index (χ1v) is 4.13. The zero-order valence-electron chi connectivity index (χ0n) is 7.93. The number of rotatable bonds is 5. The second-order valence-corrected chi connectivity index (χ2v) is 2.75. The lowest BCUT2D eigenvalue weighted by atomic mass is 10.1. The Kier molecular flexibility index (Phi) is 6.34. The fourth-order valence-corrected chi connectivity index (χ4v) is 0.790. The molecule has 0 unspecified atom stereocenters. The standard InChI is InChI=1S/C10H18N2/c1-4-10(7-8-12-11)6-5-9(2)3/h4-6,12H,2,7-8,11H2,1,3H3. The van der Waals surface area contributed by atoms with Crippen LogP contribution in [-0.2, 0) is 0 Å². The third kappa shape index (κ3) is 5.89. The quantitative estimate of drug-likeness (QED) is 0.372. The molecule has 0 aromatic carbocycles. The summed E-state index contributed by atoms with van der Waals surface area (Å²) in [5.74, 6) is 5.17. The molecule has 0 aromatic heterocycles. The van der Waals surface area contributed by atoms with Crippen molar-refractivity contribution >= 4 is 0 Å². The Morgan fingerprint density at radius 1 is 1.50 bits per heavy atom. The highest BCUT2D eigenvalue weighted by Crippen LogP contribution is 2.03. The third-order valence-electron chi connectivity index (χ3n) is 1.51. The molecule has 0 bridgehead atoms. The van der Waals surface area contributed by atoms with Crippen LogP contribution in [0.25, 0.3) is 0 Å². The number of hydrazine groups is 1.